The first-order valence-corrected chi connectivity index (χ1v) is 10.7. The normalized spacial score (nSPS) is 12.1. The van der Waals surface area contributed by atoms with Crippen molar-refractivity contribution in [1.82, 2.24) is 0 Å². The Morgan fingerprint density at radius 2 is 1.54 bits per heavy atom. The van der Waals surface area contributed by atoms with Crippen molar-refractivity contribution >= 4 is 17.7 Å². The second kappa shape index (κ2) is 14.4. The Labute approximate surface area is 152 Å². The molecule has 0 N–H and O–H groups in total. The predicted molar refractivity (Wildman–Crippen MR) is 106 cm³/mol. The van der Waals surface area contributed by atoms with Crippen molar-refractivity contribution in [3.05, 3.63) is 30.3 Å². The third kappa shape index (κ3) is 10.0. The lowest BCUT2D eigenvalue weighted by molar-refractivity contribution is -0.133. The van der Waals surface area contributed by atoms with E-state index in [-0.39, 0.29) is 11.2 Å². The molecule has 3 heteroatoms. The van der Waals surface area contributed by atoms with Crippen LogP contribution in [0, 0.1) is 0 Å². The van der Waals surface area contributed by atoms with Crippen molar-refractivity contribution in [3.63, 3.8) is 0 Å². The Morgan fingerprint density at radius 1 is 0.917 bits per heavy atom. The van der Waals surface area contributed by atoms with Crippen LogP contribution in [0.4, 0.5) is 0 Å². The Bertz CT molecular complexity index is 419. The molecule has 2 nitrogen and oxygen atoms in total. The molecule has 0 bridgehead atoms. The van der Waals surface area contributed by atoms with Crippen LogP contribution in [0.2, 0.25) is 0 Å². The molecule has 0 amide bonds. The molecule has 1 rings (SSSR count). The average molecular weight is 351 g/mol. The molecule has 0 aliphatic carbocycles. The van der Waals surface area contributed by atoms with Crippen molar-refractivity contribution in [2.45, 2.75) is 83.3 Å². The minimum absolute atomic E-state index is 0.0209. The molecule has 1 unspecified atom stereocenters. The second-order valence-electron chi connectivity index (χ2n) is 6.36. The quantitative estimate of drug-likeness (QED) is 0.214. The fourth-order valence-corrected chi connectivity index (χ4v) is 3.80. The van der Waals surface area contributed by atoms with E-state index >= 15 is 0 Å². The summed E-state index contributed by atoms with van der Waals surface area (Å²) in [5, 5.41) is -0.0209. The molecule has 1 aromatic rings. The summed E-state index contributed by atoms with van der Waals surface area (Å²) in [4.78, 5) is 12.5. The van der Waals surface area contributed by atoms with Crippen LogP contribution in [0.25, 0.3) is 0 Å². The first-order chi connectivity index (χ1) is 11.8. The Morgan fingerprint density at radius 3 is 2.25 bits per heavy atom. The molecule has 24 heavy (non-hydrogen) atoms. The molecule has 0 radical (unpaired) electrons. The van der Waals surface area contributed by atoms with E-state index in [0.717, 1.165) is 18.6 Å². The SMILES string of the molecule is CCCCCCCCSC(CCCCC)C(=O)Oc1ccccc1. The van der Waals surface area contributed by atoms with E-state index in [1.807, 2.05) is 30.3 Å². The van der Waals surface area contributed by atoms with Gasteiger partial charge in [-0.3, -0.25) is 4.79 Å². The van der Waals surface area contributed by atoms with E-state index in [0.29, 0.717) is 5.75 Å². The van der Waals surface area contributed by atoms with E-state index in [1.165, 1.54) is 51.4 Å². The van der Waals surface area contributed by atoms with Gasteiger partial charge in [0.15, 0.2) is 0 Å². The number of benzene rings is 1. The molecule has 1 atom stereocenters. The van der Waals surface area contributed by atoms with Gasteiger partial charge in [0.2, 0.25) is 0 Å². The average Bonchev–Trinajstić information content (AvgIpc) is 2.60. The monoisotopic (exact) mass is 350 g/mol. The van der Waals surface area contributed by atoms with Crippen LogP contribution in [-0.2, 0) is 4.79 Å². The number of thioether (sulfide) groups is 1. The first kappa shape index (κ1) is 21.1. The van der Waals surface area contributed by atoms with E-state index in [4.69, 9.17) is 4.74 Å². The summed E-state index contributed by atoms with van der Waals surface area (Å²) in [6.45, 7) is 4.44. The summed E-state index contributed by atoms with van der Waals surface area (Å²) >= 11 is 1.79. The number of carbonyl (C=O) groups excluding carboxylic acids is 1. The number of unbranched alkanes of at least 4 members (excludes halogenated alkanes) is 7. The molecule has 0 aliphatic heterocycles. The number of hydrogen-bond acceptors (Lipinski definition) is 3. The van der Waals surface area contributed by atoms with Gasteiger partial charge < -0.3 is 4.74 Å². The lowest BCUT2D eigenvalue weighted by Gasteiger charge is -2.15. The molecule has 0 saturated carbocycles. The van der Waals surface area contributed by atoms with Crippen LogP contribution in [-0.4, -0.2) is 17.0 Å². The summed E-state index contributed by atoms with van der Waals surface area (Å²) in [6.07, 6.45) is 12.2. The summed E-state index contributed by atoms with van der Waals surface area (Å²) in [6, 6.07) is 9.43. The van der Waals surface area contributed by atoms with Gasteiger partial charge in [-0.1, -0.05) is 83.4 Å². The number of ether oxygens (including phenoxy) is 1. The molecule has 0 fully saturated rings. The largest absolute Gasteiger partial charge is 0.426 e. The maximum Gasteiger partial charge on any atom is 0.324 e. The molecule has 0 saturated heterocycles. The van der Waals surface area contributed by atoms with Crippen molar-refractivity contribution in [2.24, 2.45) is 0 Å². The third-order valence-electron chi connectivity index (χ3n) is 4.11. The van der Waals surface area contributed by atoms with Gasteiger partial charge in [-0.25, -0.2) is 0 Å². The lowest BCUT2D eigenvalue weighted by Crippen LogP contribution is -2.23. The highest BCUT2D eigenvalue weighted by Gasteiger charge is 2.20. The van der Waals surface area contributed by atoms with Gasteiger partial charge >= 0.3 is 5.97 Å². The highest BCUT2D eigenvalue weighted by Crippen LogP contribution is 2.23. The van der Waals surface area contributed by atoms with Gasteiger partial charge in [-0.15, -0.1) is 11.8 Å². The van der Waals surface area contributed by atoms with E-state index < -0.39 is 0 Å². The lowest BCUT2D eigenvalue weighted by atomic mass is 10.1. The second-order valence-corrected chi connectivity index (χ2v) is 7.67. The Hall–Kier alpha value is -0.960. The van der Waals surface area contributed by atoms with Crippen LogP contribution in [0.3, 0.4) is 0 Å². The fraction of sp³-hybridized carbons (Fsp3) is 0.667. The minimum atomic E-state index is -0.0757. The molecular formula is C21H34O2S. The van der Waals surface area contributed by atoms with E-state index in [1.54, 1.807) is 11.8 Å². The van der Waals surface area contributed by atoms with Crippen molar-refractivity contribution in [1.29, 1.82) is 0 Å². The topological polar surface area (TPSA) is 26.3 Å². The van der Waals surface area contributed by atoms with Gasteiger partial charge in [0, 0.05) is 0 Å². The summed E-state index contributed by atoms with van der Waals surface area (Å²) in [5.41, 5.74) is 0. The van der Waals surface area contributed by atoms with Crippen molar-refractivity contribution in [2.75, 3.05) is 5.75 Å². The molecule has 0 heterocycles. The maximum absolute atomic E-state index is 12.5. The van der Waals surface area contributed by atoms with Crippen LogP contribution < -0.4 is 4.74 Å². The maximum atomic E-state index is 12.5. The van der Waals surface area contributed by atoms with Crippen molar-refractivity contribution < 1.29 is 9.53 Å². The van der Waals surface area contributed by atoms with Crippen LogP contribution in [0.5, 0.6) is 5.75 Å². The number of hydrogen-bond donors (Lipinski definition) is 0. The minimum Gasteiger partial charge on any atom is -0.426 e. The summed E-state index contributed by atoms with van der Waals surface area (Å²) < 4.78 is 5.56. The highest BCUT2D eigenvalue weighted by atomic mass is 32.2. The number of para-hydroxylation sites is 1. The van der Waals surface area contributed by atoms with Gasteiger partial charge in [-0.2, -0.15) is 0 Å². The predicted octanol–water partition coefficient (Wildman–Crippen LogP) is 6.63. The van der Waals surface area contributed by atoms with Gasteiger partial charge in [0.05, 0.1) is 0 Å². The van der Waals surface area contributed by atoms with Gasteiger partial charge in [-0.05, 0) is 30.7 Å². The third-order valence-corrected chi connectivity index (χ3v) is 5.47. The molecule has 0 spiro atoms. The summed E-state index contributed by atoms with van der Waals surface area (Å²) in [5.74, 6) is 1.64. The molecule has 0 aliphatic rings. The van der Waals surface area contributed by atoms with E-state index in [9.17, 15) is 4.79 Å². The Kier molecular flexibility index (Phi) is 12.6. The summed E-state index contributed by atoms with van der Waals surface area (Å²) in [7, 11) is 0. The molecule has 136 valence electrons. The van der Waals surface area contributed by atoms with Crippen molar-refractivity contribution in [3.8, 4) is 5.75 Å². The number of esters is 1. The van der Waals surface area contributed by atoms with Crippen LogP contribution >= 0.6 is 11.8 Å². The van der Waals surface area contributed by atoms with Crippen LogP contribution in [0.1, 0.15) is 78.1 Å². The molecule has 1 aromatic carbocycles. The van der Waals surface area contributed by atoms with Gasteiger partial charge in [0.25, 0.3) is 0 Å². The zero-order chi connectivity index (χ0) is 17.5. The molecular weight excluding hydrogens is 316 g/mol. The first-order valence-electron chi connectivity index (χ1n) is 9.66. The Balaban J connectivity index is 2.34. The fourth-order valence-electron chi connectivity index (χ4n) is 2.63. The zero-order valence-corrected chi connectivity index (χ0v) is 16.3. The zero-order valence-electron chi connectivity index (χ0n) is 15.5. The number of rotatable bonds is 14. The van der Waals surface area contributed by atoms with Gasteiger partial charge in [0.1, 0.15) is 11.0 Å². The standard InChI is InChI=1S/C21H34O2S/c1-3-5-7-8-9-14-18-24-20(17-11-6-4-2)21(22)23-19-15-12-10-13-16-19/h10,12-13,15-16,20H,3-9,11,14,17-18H2,1-2H3. The highest BCUT2D eigenvalue weighted by molar-refractivity contribution is 8.00. The number of carbonyl (C=O) groups is 1. The smallest absolute Gasteiger partial charge is 0.324 e. The van der Waals surface area contributed by atoms with E-state index in [2.05, 4.69) is 13.8 Å². The molecule has 0 aromatic heterocycles. The van der Waals surface area contributed by atoms with Crippen LogP contribution in [0.15, 0.2) is 30.3 Å².